The van der Waals surface area contributed by atoms with Crippen LogP contribution in [0.15, 0.2) is 30.6 Å². The maximum absolute atomic E-state index is 8.85. The molecule has 0 unspecified atom stereocenters. The molecule has 0 bridgehead atoms. The fraction of sp³-hybridized carbons (Fsp3) is 0.375. The van der Waals surface area contributed by atoms with Gasteiger partial charge in [0.1, 0.15) is 12.4 Å². The van der Waals surface area contributed by atoms with Crippen LogP contribution in [0, 0.1) is 11.3 Å². The summed E-state index contributed by atoms with van der Waals surface area (Å²) in [6, 6.07) is 9.38. The first kappa shape index (κ1) is 12.7. The highest BCUT2D eigenvalue weighted by Crippen LogP contribution is 2.20. The Morgan fingerprint density at radius 2 is 2.20 bits per heavy atom. The molecule has 0 aliphatic heterocycles. The first-order valence-corrected chi connectivity index (χ1v) is 7.02. The zero-order valence-corrected chi connectivity index (χ0v) is 11.4. The largest absolute Gasteiger partial charge is 0.492 e. The second-order valence-electron chi connectivity index (χ2n) is 5.03. The molecule has 0 radical (unpaired) electrons. The number of nitriles is 1. The molecule has 1 heterocycles. The van der Waals surface area contributed by atoms with Crippen LogP contribution in [0.25, 0.3) is 0 Å². The van der Waals surface area contributed by atoms with Gasteiger partial charge in [0.15, 0.2) is 0 Å². The number of imidazole rings is 1. The van der Waals surface area contributed by atoms with Crippen molar-refractivity contribution in [2.45, 2.75) is 32.2 Å². The smallest absolute Gasteiger partial charge is 0.120 e. The Hall–Kier alpha value is -2.28. The lowest BCUT2D eigenvalue weighted by atomic mass is 10.0. The van der Waals surface area contributed by atoms with Crippen molar-refractivity contribution in [1.82, 2.24) is 9.55 Å². The summed E-state index contributed by atoms with van der Waals surface area (Å²) >= 11 is 0. The lowest BCUT2D eigenvalue weighted by Gasteiger charge is -2.14. The molecule has 1 aromatic heterocycles. The number of benzene rings is 1. The van der Waals surface area contributed by atoms with Gasteiger partial charge in [-0.25, -0.2) is 4.98 Å². The van der Waals surface area contributed by atoms with Crippen LogP contribution in [-0.2, 0) is 19.4 Å². The van der Waals surface area contributed by atoms with E-state index in [0.717, 1.165) is 25.1 Å². The van der Waals surface area contributed by atoms with Gasteiger partial charge in [0.2, 0.25) is 0 Å². The zero-order chi connectivity index (χ0) is 13.8. The fourth-order valence-electron chi connectivity index (χ4n) is 2.64. The maximum Gasteiger partial charge on any atom is 0.120 e. The third-order valence-electron chi connectivity index (χ3n) is 3.67. The van der Waals surface area contributed by atoms with Crippen LogP contribution in [0.2, 0.25) is 0 Å². The summed E-state index contributed by atoms with van der Waals surface area (Å²) in [7, 11) is 0. The minimum atomic E-state index is 0.595. The molecule has 102 valence electrons. The molecular formula is C16H17N3O. The van der Waals surface area contributed by atoms with Gasteiger partial charge in [-0.15, -0.1) is 0 Å². The van der Waals surface area contributed by atoms with Gasteiger partial charge in [0.05, 0.1) is 30.2 Å². The number of nitrogens with zero attached hydrogens (tertiary/aromatic N) is 3. The van der Waals surface area contributed by atoms with Crippen LogP contribution in [0.5, 0.6) is 5.75 Å². The van der Waals surface area contributed by atoms with E-state index in [0.29, 0.717) is 12.2 Å². The Balaban J connectivity index is 1.60. The lowest BCUT2D eigenvalue weighted by molar-refractivity contribution is 0.296. The van der Waals surface area contributed by atoms with Crippen molar-refractivity contribution in [3.63, 3.8) is 0 Å². The molecule has 4 heteroatoms. The van der Waals surface area contributed by atoms with Gasteiger partial charge in [-0.1, -0.05) is 6.07 Å². The fourth-order valence-corrected chi connectivity index (χ4v) is 2.64. The SMILES string of the molecule is N#Cc1cccc(OCCn2cnc3c2CCCC3)c1. The number of ether oxygens (including phenoxy) is 1. The van der Waals surface area contributed by atoms with Gasteiger partial charge in [-0.05, 0) is 43.9 Å². The Morgan fingerprint density at radius 3 is 3.10 bits per heavy atom. The predicted octanol–water partition coefficient (Wildman–Crippen LogP) is 2.71. The number of hydrogen-bond acceptors (Lipinski definition) is 3. The van der Waals surface area contributed by atoms with Crippen LogP contribution < -0.4 is 4.74 Å². The predicted molar refractivity (Wildman–Crippen MR) is 75.5 cm³/mol. The Kier molecular flexibility index (Phi) is 3.69. The van der Waals surface area contributed by atoms with Crippen molar-refractivity contribution in [1.29, 1.82) is 5.26 Å². The monoisotopic (exact) mass is 267 g/mol. The molecule has 0 amide bonds. The lowest BCUT2D eigenvalue weighted by Crippen LogP contribution is -2.12. The van der Waals surface area contributed by atoms with Crippen molar-refractivity contribution in [2.75, 3.05) is 6.61 Å². The zero-order valence-electron chi connectivity index (χ0n) is 11.4. The number of rotatable bonds is 4. The molecule has 0 N–H and O–H groups in total. The quantitative estimate of drug-likeness (QED) is 0.855. The van der Waals surface area contributed by atoms with E-state index in [4.69, 9.17) is 10.00 Å². The highest BCUT2D eigenvalue weighted by atomic mass is 16.5. The topological polar surface area (TPSA) is 50.8 Å². The summed E-state index contributed by atoms with van der Waals surface area (Å²) in [5.41, 5.74) is 3.25. The van der Waals surface area contributed by atoms with Crippen LogP contribution in [0.1, 0.15) is 29.8 Å². The highest BCUT2D eigenvalue weighted by Gasteiger charge is 2.14. The second-order valence-corrected chi connectivity index (χ2v) is 5.03. The van der Waals surface area contributed by atoms with Crippen LogP contribution in [-0.4, -0.2) is 16.2 Å². The van der Waals surface area contributed by atoms with Crippen LogP contribution in [0.4, 0.5) is 0 Å². The third-order valence-corrected chi connectivity index (χ3v) is 3.67. The molecule has 0 spiro atoms. The summed E-state index contributed by atoms with van der Waals surface area (Å²) in [6.45, 7) is 1.40. The van der Waals surface area contributed by atoms with E-state index in [1.54, 1.807) is 12.1 Å². The number of aryl methyl sites for hydroxylation is 1. The standard InChI is InChI=1S/C16H17N3O/c17-11-13-4-3-5-14(10-13)20-9-8-19-12-18-15-6-1-2-7-16(15)19/h3-5,10,12H,1-2,6-9H2. The minimum absolute atomic E-state index is 0.595. The summed E-state index contributed by atoms with van der Waals surface area (Å²) < 4.78 is 7.91. The molecule has 0 saturated carbocycles. The Morgan fingerprint density at radius 1 is 1.30 bits per heavy atom. The average molecular weight is 267 g/mol. The van der Waals surface area contributed by atoms with Gasteiger partial charge in [0, 0.05) is 5.69 Å². The Labute approximate surface area is 118 Å². The van der Waals surface area contributed by atoms with E-state index < -0.39 is 0 Å². The van der Waals surface area contributed by atoms with E-state index in [-0.39, 0.29) is 0 Å². The van der Waals surface area contributed by atoms with E-state index in [2.05, 4.69) is 15.6 Å². The summed E-state index contributed by atoms with van der Waals surface area (Å²) in [4.78, 5) is 4.47. The van der Waals surface area contributed by atoms with Gasteiger partial charge < -0.3 is 9.30 Å². The first-order chi connectivity index (χ1) is 9.86. The molecule has 1 aromatic carbocycles. The average Bonchev–Trinajstić information content (AvgIpc) is 2.91. The molecular weight excluding hydrogens is 250 g/mol. The summed E-state index contributed by atoms with van der Waals surface area (Å²) in [5.74, 6) is 0.748. The molecule has 20 heavy (non-hydrogen) atoms. The first-order valence-electron chi connectivity index (χ1n) is 7.02. The number of aromatic nitrogens is 2. The molecule has 4 nitrogen and oxygen atoms in total. The van der Waals surface area contributed by atoms with Gasteiger partial charge in [-0.2, -0.15) is 5.26 Å². The molecule has 3 rings (SSSR count). The molecule has 0 saturated heterocycles. The van der Waals surface area contributed by atoms with Crippen LogP contribution >= 0.6 is 0 Å². The van der Waals surface area contributed by atoms with Crippen molar-refractivity contribution >= 4 is 0 Å². The molecule has 1 aliphatic rings. The molecule has 1 aliphatic carbocycles. The third kappa shape index (κ3) is 2.67. The van der Waals surface area contributed by atoms with Crippen molar-refractivity contribution in [2.24, 2.45) is 0 Å². The second kappa shape index (κ2) is 5.79. The summed E-state index contributed by atoms with van der Waals surface area (Å²) in [5, 5.41) is 8.85. The van der Waals surface area contributed by atoms with Crippen molar-refractivity contribution in [3.05, 3.63) is 47.5 Å². The van der Waals surface area contributed by atoms with E-state index in [1.807, 2.05) is 18.5 Å². The Bertz CT molecular complexity index is 639. The van der Waals surface area contributed by atoms with Gasteiger partial charge in [-0.3, -0.25) is 0 Å². The van der Waals surface area contributed by atoms with Crippen molar-refractivity contribution < 1.29 is 4.74 Å². The number of hydrogen-bond donors (Lipinski definition) is 0. The molecule has 0 atom stereocenters. The van der Waals surface area contributed by atoms with E-state index >= 15 is 0 Å². The summed E-state index contributed by atoms with van der Waals surface area (Å²) in [6.07, 6.45) is 6.66. The van der Waals surface area contributed by atoms with Crippen molar-refractivity contribution in [3.8, 4) is 11.8 Å². The minimum Gasteiger partial charge on any atom is -0.492 e. The number of fused-ring (bicyclic) bond motifs is 1. The molecule has 2 aromatic rings. The maximum atomic E-state index is 8.85. The van der Waals surface area contributed by atoms with E-state index in [1.165, 1.54) is 24.2 Å². The van der Waals surface area contributed by atoms with E-state index in [9.17, 15) is 0 Å². The van der Waals surface area contributed by atoms with Crippen LogP contribution in [0.3, 0.4) is 0 Å². The highest BCUT2D eigenvalue weighted by molar-refractivity contribution is 5.36. The molecule has 0 fully saturated rings. The van der Waals surface area contributed by atoms with Gasteiger partial charge >= 0.3 is 0 Å². The van der Waals surface area contributed by atoms with Gasteiger partial charge in [0.25, 0.3) is 0 Å². The normalized spacial score (nSPS) is 13.6.